The second-order valence-corrected chi connectivity index (χ2v) is 7.95. The van der Waals surface area contributed by atoms with Crippen molar-refractivity contribution in [3.05, 3.63) is 102 Å². The Hall–Kier alpha value is -4.19. The maximum absolute atomic E-state index is 4.68. The van der Waals surface area contributed by atoms with E-state index in [-0.39, 0.29) is 0 Å². The van der Waals surface area contributed by atoms with Crippen LogP contribution in [0.1, 0.15) is 42.3 Å². The SMILES string of the molecule is CC(C)c1cc(-c2cccc(/C=C(\c3ccncc3)c3nn[nH]n3)c2)c2ncccc2c1. The van der Waals surface area contributed by atoms with Crippen LogP contribution < -0.4 is 0 Å². The maximum atomic E-state index is 4.68. The second kappa shape index (κ2) is 8.51. The predicted molar refractivity (Wildman–Crippen MR) is 127 cm³/mol. The van der Waals surface area contributed by atoms with Crippen LogP contribution in [0.15, 0.2) is 79.3 Å². The average molecular weight is 419 g/mol. The molecule has 3 heterocycles. The average Bonchev–Trinajstić information content (AvgIpc) is 3.37. The van der Waals surface area contributed by atoms with Crippen molar-refractivity contribution < 1.29 is 0 Å². The van der Waals surface area contributed by atoms with Gasteiger partial charge in [0.05, 0.1) is 5.52 Å². The molecule has 5 aromatic rings. The molecule has 156 valence electrons. The van der Waals surface area contributed by atoms with Gasteiger partial charge in [-0.05, 0) is 75.9 Å². The number of aromatic amines is 1. The van der Waals surface area contributed by atoms with Crippen LogP contribution in [0.4, 0.5) is 0 Å². The highest BCUT2D eigenvalue weighted by molar-refractivity contribution is 5.95. The summed E-state index contributed by atoms with van der Waals surface area (Å²) in [5.41, 5.74) is 7.44. The Labute approximate surface area is 186 Å². The number of pyridine rings is 2. The summed E-state index contributed by atoms with van der Waals surface area (Å²) in [6, 6.07) is 20.9. The first kappa shape index (κ1) is 19.8. The van der Waals surface area contributed by atoms with Crippen LogP contribution in [0.2, 0.25) is 0 Å². The number of fused-ring (bicyclic) bond motifs is 1. The highest BCUT2D eigenvalue weighted by atomic mass is 15.5. The van der Waals surface area contributed by atoms with E-state index in [0.717, 1.165) is 38.7 Å². The molecule has 32 heavy (non-hydrogen) atoms. The Morgan fingerprint density at radius 1 is 0.938 bits per heavy atom. The molecular weight excluding hydrogens is 396 g/mol. The van der Waals surface area contributed by atoms with Gasteiger partial charge in [-0.1, -0.05) is 38.1 Å². The lowest BCUT2D eigenvalue weighted by atomic mass is 9.93. The van der Waals surface area contributed by atoms with Crippen molar-refractivity contribution in [1.82, 2.24) is 30.6 Å². The van der Waals surface area contributed by atoms with E-state index >= 15 is 0 Å². The van der Waals surface area contributed by atoms with Crippen molar-refractivity contribution in [2.45, 2.75) is 19.8 Å². The summed E-state index contributed by atoms with van der Waals surface area (Å²) in [5.74, 6) is 0.966. The van der Waals surface area contributed by atoms with Gasteiger partial charge in [0.2, 0.25) is 5.82 Å². The van der Waals surface area contributed by atoms with Gasteiger partial charge in [-0.2, -0.15) is 5.21 Å². The van der Waals surface area contributed by atoms with Crippen molar-refractivity contribution in [2.24, 2.45) is 0 Å². The summed E-state index contributed by atoms with van der Waals surface area (Å²) in [6.07, 6.45) is 7.44. The van der Waals surface area contributed by atoms with Gasteiger partial charge in [-0.15, -0.1) is 10.2 Å². The van der Waals surface area contributed by atoms with Gasteiger partial charge >= 0.3 is 0 Å². The molecule has 2 aromatic carbocycles. The fourth-order valence-corrected chi connectivity index (χ4v) is 3.82. The van der Waals surface area contributed by atoms with Crippen LogP contribution in [0.5, 0.6) is 0 Å². The standard InChI is InChI=1S/C26H22N6/c1-17(2)22-15-21-7-4-10-28-25(21)23(16-22)20-6-3-5-18(13-20)14-24(26-29-31-32-30-26)19-8-11-27-12-9-19/h3-17H,1-2H3,(H,29,30,31,32)/b24-14+. The fraction of sp³-hybridized carbons (Fsp3) is 0.115. The molecule has 0 spiro atoms. The Morgan fingerprint density at radius 2 is 1.81 bits per heavy atom. The summed E-state index contributed by atoms with van der Waals surface area (Å²) in [6.45, 7) is 4.43. The largest absolute Gasteiger partial charge is 0.265 e. The minimum absolute atomic E-state index is 0.429. The number of rotatable bonds is 5. The third-order valence-electron chi connectivity index (χ3n) is 5.48. The number of hydrogen-bond donors (Lipinski definition) is 1. The summed E-state index contributed by atoms with van der Waals surface area (Å²) in [7, 11) is 0. The third-order valence-corrected chi connectivity index (χ3v) is 5.48. The van der Waals surface area contributed by atoms with E-state index in [9.17, 15) is 0 Å². The van der Waals surface area contributed by atoms with Gasteiger partial charge in [-0.25, -0.2) is 0 Å². The lowest BCUT2D eigenvalue weighted by molar-refractivity contribution is 0.869. The Kier molecular flexibility index (Phi) is 5.25. The number of tetrazole rings is 1. The Morgan fingerprint density at radius 3 is 2.59 bits per heavy atom. The minimum atomic E-state index is 0.429. The van der Waals surface area contributed by atoms with Crippen LogP contribution in [-0.2, 0) is 0 Å². The van der Waals surface area contributed by atoms with Gasteiger partial charge in [0.25, 0.3) is 0 Å². The molecule has 0 aliphatic rings. The van der Waals surface area contributed by atoms with Gasteiger partial charge < -0.3 is 0 Å². The highest BCUT2D eigenvalue weighted by Gasteiger charge is 2.12. The quantitative estimate of drug-likeness (QED) is 0.406. The summed E-state index contributed by atoms with van der Waals surface area (Å²) < 4.78 is 0. The van der Waals surface area contributed by atoms with E-state index in [4.69, 9.17) is 0 Å². The molecule has 0 aliphatic carbocycles. The zero-order chi connectivity index (χ0) is 21.9. The van der Waals surface area contributed by atoms with Crippen molar-refractivity contribution in [1.29, 1.82) is 0 Å². The van der Waals surface area contributed by atoms with Gasteiger partial charge in [0.1, 0.15) is 0 Å². The number of benzene rings is 2. The van der Waals surface area contributed by atoms with Crippen molar-refractivity contribution >= 4 is 22.6 Å². The molecule has 6 heteroatoms. The lowest BCUT2D eigenvalue weighted by Gasteiger charge is -2.13. The van der Waals surface area contributed by atoms with Crippen LogP contribution in [0.3, 0.4) is 0 Å². The molecule has 0 unspecified atom stereocenters. The first-order chi connectivity index (χ1) is 15.7. The molecule has 0 amide bonds. The lowest BCUT2D eigenvalue weighted by Crippen LogP contribution is -1.93. The van der Waals surface area contributed by atoms with Crippen molar-refractivity contribution in [3.63, 3.8) is 0 Å². The molecule has 0 saturated carbocycles. The molecular formula is C26H22N6. The first-order valence-electron chi connectivity index (χ1n) is 10.5. The third kappa shape index (κ3) is 3.90. The summed E-state index contributed by atoms with van der Waals surface area (Å²) >= 11 is 0. The monoisotopic (exact) mass is 418 g/mol. The van der Waals surface area contributed by atoms with Gasteiger partial charge in [-0.3, -0.25) is 9.97 Å². The fourth-order valence-electron chi connectivity index (χ4n) is 3.82. The number of hydrogen-bond acceptors (Lipinski definition) is 5. The molecule has 1 N–H and O–H groups in total. The van der Waals surface area contributed by atoms with E-state index < -0.39 is 0 Å². The Balaban J connectivity index is 1.66. The molecule has 0 bridgehead atoms. The number of nitrogens with zero attached hydrogens (tertiary/aromatic N) is 5. The van der Waals surface area contributed by atoms with E-state index in [1.165, 1.54) is 5.56 Å². The first-order valence-corrected chi connectivity index (χ1v) is 10.5. The predicted octanol–water partition coefficient (Wildman–Crippen LogP) is 5.52. The second-order valence-electron chi connectivity index (χ2n) is 7.95. The van der Waals surface area contributed by atoms with Gasteiger partial charge in [0, 0.05) is 35.1 Å². The normalized spacial score (nSPS) is 11.9. The smallest absolute Gasteiger partial charge is 0.205 e. The number of H-pyrrole nitrogens is 1. The van der Waals surface area contributed by atoms with Crippen LogP contribution in [0.25, 0.3) is 33.7 Å². The highest BCUT2D eigenvalue weighted by Crippen LogP contribution is 2.32. The van der Waals surface area contributed by atoms with Gasteiger partial charge in [0.15, 0.2) is 0 Å². The molecule has 0 saturated heterocycles. The number of aromatic nitrogens is 6. The maximum Gasteiger partial charge on any atom is 0.205 e. The van der Waals surface area contributed by atoms with E-state index in [1.54, 1.807) is 12.4 Å². The van der Waals surface area contributed by atoms with E-state index in [1.807, 2.05) is 24.4 Å². The molecule has 0 atom stereocenters. The molecule has 0 aliphatic heterocycles. The molecule has 5 rings (SSSR count). The molecule has 6 nitrogen and oxygen atoms in total. The van der Waals surface area contributed by atoms with Crippen LogP contribution in [0, 0.1) is 0 Å². The van der Waals surface area contributed by atoms with Crippen LogP contribution in [-0.4, -0.2) is 30.6 Å². The van der Waals surface area contributed by atoms with E-state index in [0.29, 0.717) is 11.7 Å². The van der Waals surface area contributed by atoms with Crippen molar-refractivity contribution in [2.75, 3.05) is 0 Å². The molecule has 0 fully saturated rings. The summed E-state index contributed by atoms with van der Waals surface area (Å²) in [5, 5.41) is 15.8. The van der Waals surface area contributed by atoms with Crippen molar-refractivity contribution in [3.8, 4) is 11.1 Å². The topological polar surface area (TPSA) is 80.2 Å². The van der Waals surface area contributed by atoms with Crippen LogP contribution >= 0.6 is 0 Å². The zero-order valence-corrected chi connectivity index (χ0v) is 17.9. The number of nitrogens with one attached hydrogen (secondary N) is 1. The Bertz CT molecular complexity index is 1390. The molecule has 0 radical (unpaired) electrons. The van der Waals surface area contributed by atoms with E-state index in [2.05, 4.69) is 93.0 Å². The molecule has 3 aromatic heterocycles. The summed E-state index contributed by atoms with van der Waals surface area (Å²) in [4.78, 5) is 8.80. The zero-order valence-electron chi connectivity index (χ0n) is 17.9. The minimum Gasteiger partial charge on any atom is -0.265 e.